The van der Waals surface area contributed by atoms with Gasteiger partial charge in [0.25, 0.3) is 0 Å². The van der Waals surface area contributed by atoms with E-state index in [1.807, 2.05) is 36.6 Å². The number of hydrogen-bond donors (Lipinski definition) is 1. The van der Waals surface area contributed by atoms with Gasteiger partial charge in [-0.25, -0.2) is 0 Å². The molecule has 0 saturated carbocycles. The number of aromatic nitrogens is 1. The predicted molar refractivity (Wildman–Crippen MR) is 88.7 cm³/mol. The van der Waals surface area contributed by atoms with E-state index in [4.69, 9.17) is 15.0 Å². The van der Waals surface area contributed by atoms with E-state index in [0.29, 0.717) is 0 Å². The summed E-state index contributed by atoms with van der Waals surface area (Å²) < 4.78 is 11.6. The second-order valence-electron chi connectivity index (χ2n) is 4.57. The molecule has 3 aromatic rings. The van der Waals surface area contributed by atoms with Crippen LogP contribution >= 0.6 is 27.3 Å². The number of halogens is 1. The SMILES string of the molecule is COc1ccc(C)cc1-c1c(-c2sccc2Br)noc1N. The number of anilines is 1. The molecule has 4 nitrogen and oxygen atoms in total. The summed E-state index contributed by atoms with van der Waals surface area (Å²) in [6.45, 7) is 2.02. The third kappa shape index (κ3) is 2.45. The number of benzene rings is 1. The fourth-order valence-electron chi connectivity index (χ4n) is 2.20. The molecule has 0 fully saturated rings. The molecule has 0 spiro atoms. The topological polar surface area (TPSA) is 61.3 Å². The van der Waals surface area contributed by atoms with Crippen LogP contribution in [0.2, 0.25) is 0 Å². The first kappa shape index (κ1) is 14.2. The molecule has 2 heterocycles. The average Bonchev–Trinajstić information content (AvgIpc) is 3.04. The number of nitrogens with two attached hydrogens (primary N) is 1. The number of nitrogen functional groups attached to an aromatic ring is 1. The first-order valence-corrected chi connectivity index (χ1v) is 7.92. The fourth-order valence-corrected chi connectivity index (χ4v) is 3.75. The van der Waals surface area contributed by atoms with E-state index in [2.05, 4.69) is 21.1 Å². The molecular weight excluding hydrogens is 352 g/mol. The Morgan fingerprint density at radius 1 is 1.33 bits per heavy atom. The molecule has 0 aliphatic carbocycles. The number of methoxy groups -OCH3 is 1. The van der Waals surface area contributed by atoms with E-state index in [1.54, 1.807) is 18.4 Å². The molecule has 0 atom stereocenters. The lowest BCUT2D eigenvalue weighted by Gasteiger charge is -2.09. The highest BCUT2D eigenvalue weighted by Crippen LogP contribution is 2.44. The molecule has 0 bridgehead atoms. The van der Waals surface area contributed by atoms with Crippen LogP contribution in [0, 0.1) is 6.92 Å². The Morgan fingerprint density at radius 2 is 2.14 bits per heavy atom. The Hall–Kier alpha value is -1.79. The van der Waals surface area contributed by atoms with Gasteiger partial charge in [0.05, 0.1) is 17.6 Å². The molecule has 1 aromatic carbocycles. The summed E-state index contributed by atoms with van der Waals surface area (Å²) in [6.07, 6.45) is 0. The lowest BCUT2D eigenvalue weighted by molar-refractivity contribution is 0.416. The largest absolute Gasteiger partial charge is 0.496 e. The van der Waals surface area contributed by atoms with E-state index in [-0.39, 0.29) is 5.88 Å². The fraction of sp³-hybridized carbons (Fsp3) is 0.133. The molecule has 0 aliphatic rings. The van der Waals surface area contributed by atoms with Crippen molar-refractivity contribution in [3.05, 3.63) is 39.7 Å². The minimum atomic E-state index is 0.286. The van der Waals surface area contributed by atoms with Gasteiger partial charge in [0.2, 0.25) is 5.88 Å². The summed E-state index contributed by atoms with van der Waals surface area (Å²) in [5, 5.41) is 6.11. The van der Waals surface area contributed by atoms with Gasteiger partial charge in [-0.3, -0.25) is 0 Å². The molecule has 0 aliphatic heterocycles. The normalized spacial score (nSPS) is 10.8. The highest BCUT2D eigenvalue weighted by atomic mass is 79.9. The summed E-state index contributed by atoms with van der Waals surface area (Å²) in [4.78, 5) is 0.981. The van der Waals surface area contributed by atoms with Crippen molar-refractivity contribution in [2.45, 2.75) is 6.92 Å². The Kier molecular flexibility index (Phi) is 3.73. The van der Waals surface area contributed by atoms with Crippen molar-refractivity contribution < 1.29 is 9.26 Å². The van der Waals surface area contributed by atoms with Crippen molar-refractivity contribution in [2.75, 3.05) is 12.8 Å². The maximum Gasteiger partial charge on any atom is 0.230 e. The molecule has 2 N–H and O–H groups in total. The molecule has 108 valence electrons. The van der Waals surface area contributed by atoms with Crippen LogP contribution in [0.5, 0.6) is 5.75 Å². The lowest BCUT2D eigenvalue weighted by Crippen LogP contribution is -1.92. The first-order valence-electron chi connectivity index (χ1n) is 6.25. The molecule has 3 rings (SSSR count). The lowest BCUT2D eigenvalue weighted by atomic mass is 10.0. The number of hydrogen-bond acceptors (Lipinski definition) is 5. The predicted octanol–water partition coefficient (Wildman–Crippen LogP) is 4.73. The quantitative estimate of drug-likeness (QED) is 0.729. The highest BCUT2D eigenvalue weighted by molar-refractivity contribution is 9.10. The Labute approximate surface area is 134 Å². The van der Waals surface area contributed by atoms with Crippen LogP contribution in [-0.4, -0.2) is 12.3 Å². The van der Waals surface area contributed by atoms with E-state index in [1.165, 1.54) is 0 Å². The Morgan fingerprint density at radius 3 is 2.81 bits per heavy atom. The molecule has 0 unspecified atom stereocenters. The average molecular weight is 365 g/mol. The van der Waals surface area contributed by atoms with Crippen molar-refractivity contribution >= 4 is 33.2 Å². The van der Waals surface area contributed by atoms with Gasteiger partial charge in [-0.1, -0.05) is 16.8 Å². The highest BCUT2D eigenvalue weighted by Gasteiger charge is 2.22. The van der Waals surface area contributed by atoms with Crippen molar-refractivity contribution in [1.82, 2.24) is 5.16 Å². The van der Waals surface area contributed by atoms with Crippen molar-refractivity contribution in [1.29, 1.82) is 0 Å². The van der Waals surface area contributed by atoms with E-state index < -0.39 is 0 Å². The minimum Gasteiger partial charge on any atom is -0.496 e. The molecular formula is C15H13BrN2O2S. The third-order valence-corrected chi connectivity index (χ3v) is 5.02. The number of ether oxygens (including phenoxy) is 1. The van der Waals surface area contributed by atoms with Gasteiger partial charge in [0.15, 0.2) is 0 Å². The molecule has 0 saturated heterocycles. The van der Waals surface area contributed by atoms with Crippen LogP contribution in [0.1, 0.15) is 5.56 Å². The van der Waals surface area contributed by atoms with Gasteiger partial charge >= 0.3 is 0 Å². The van der Waals surface area contributed by atoms with Crippen LogP contribution in [0.15, 0.2) is 38.6 Å². The van der Waals surface area contributed by atoms with E-state index in [0.717, 1.165) is 37.5 Å². The standard InChI is InChI=1S/C15H13BrN2O2S/c1-8-3-4-11(19-2)9(7-8)12-13(18-20-15(12)17)14-10(16)5-6-21-14/h3-7H,17H2,1-2H3. The zero-order valence-corrected chi connectivity index (χ0v) is 13.9. The molecule has 6 heteroatoms. The minimum absolute atomic E-state index is 0.286. The summed E-state index contributed by atoms with van der Waals surface area (Å²) in [7, 11) is 1.64. The zero-order chi connectivity index (χ0) is 15.0. The molecule has 2 aromatic heterocycles. The van der Waals surface area contributed by atoms with Crippen molar-refractivity contribution in [3.8, 4) is 27.4 Å². The van der Waals surface area contributed by atoms with Crippen molar-refractivity contribution in [3.63, 3.8) is 0 Å². The monoisotopic (exact) mass is 364 g/mol. The van der Waals surface area contributed by atoms with Gasteiger partial charge in [-0.2, -0.15) is 0 Å². The van der Waals surface area contributed by atoms with Crippen LogP contribution in [0.4, 0.5) is 5.88 Å². The second-order valence-corrected chi connectivity index (χ2v) is 6.34. The second kappa shape index (κ2) is 5.54. The third-order valence-electron chi connectivity index (χ3n) is 3.18. The number of rotatable bonds is 3. The number of aryl methyl sites for hydroxylation is 1. The van der Waals surface area contributed by atoms with Gasteiger partial charge in [0.1, 0.15) is 11.4 Å². The maximum atomic E-state index is 6.01. The zero-order valence-electron chi connectivity index (χ0n) is 11.5. The van der Waals surface area contributed by atoms with Crippen LogP contribution in [0.3, 0.4) is 0 Å². The number of thiophene rings is 1. The van der Waals surface area contributed by atoms with Gasteiger partial charge in [0, 0.05) is 10.0 Å². The van der Waals surface area contributed by atoms with Gasteiger partial charge < -0.3 is 15.0 Å². The Balaban J connectivity index is 2.27. The summed E-state index contributed by atoms with van der Waals surface area (Å²) in [5.41, 5.74) is 9.49. The summed E-state index contributed by atoms with van der Waals surface area (Å²) in [5.74, 6) is 1.03. The number of nitrogens with zero attached hydrogens (tertiary/aromatic N) is 1. The van der Waals surface area contributed by atoms with Crippen LogP contribution in [-0.2, 0) is 0 Å². The van der Waals surface area contributed by atoms with E-state index >= 15 is 0 Å². The van der Waals surface area contributed by atoms with Crippen molar-refractivity contribution in [2.24, 2.45) is 0 Å². The first-order chi connectivity index (χ1) is 10.1. The van der Waals surface area contributed by atoms with Gasteiger partial charge in [-0.15, -0.1) is 11.3 Å². The smallest absolute Gasteiger partial charge is 0.230 e. The molecule has 0 radical (unpaired) electrons. The molecule has 21 heavy (non-hydrogen) atoms. The maximum absolute atomic E-state index is 6.01. The van der Waals surface area contributed by atoms with Gasteiger partial charge in [-0.05, 0) is 46.4 Å². The molecule has 0 amide bonds. The van der Waals surface area contributed by atoms with E-state index in [9.17, 15) is 0 Å². The Bertz CT molecular complexity index is 795. The summed E-state index contributed by atoms with van der Waals surface area (Å²) >= 11 is 5.10. The van der Waals surface area contributed by atoms with Crippen LogP contribution < -0.4 is 10.5 Å². The van der Waals surface area contributed by atoms with Crippen LogP contribution in [0.25, 0.3) is 21.7 Å². The summed E-state index contributed by atoms with van der Waals surface area (Å²) in [6, 6.07) is 7.91.